The van der Waals surface area contributed by atoms with Crippen LogP contribution < -0.4 is 4.74 Å². The van der Waals surface area contributed by atoms with E-state index in [-0.39, 0.29) is 0 Å². The van der Waals surface area contributed by atoms with E-state index in [0.717, 1.165) is 37.5 Å². The van der Waals surface area contributed by atoms with Gasteiger partial charge in [0, 0.05) is 6.54 Å². The van der Waals surface area contributed by atoms with Crippen LogP contribution in [0, 0.1) is 5.92 Å². The summed E-state index contributed by atoms with van der Waals surface area (Å²) in [5.74, 6) is 1.49. The van der Waals surface area contributed by atoms with E-state index in [9.17, 15) is 5.11 Å². The fraction of sp³-hybridized carbons (Fsp3) is 0.625. The predicted molar refractivity (Wildman–Crippen MR) is 82.4 cm³/mol. The first-order valence-corrected chi connectivity index (χ1v) is 7.72. The smallest absolute Gasteiger partial charge is 0.137 e. The molecule has 4 heteroatoms. The molecule has 1 heterocycles. The third-order valence-corrected chi connectivity index (χ3v) is 4.45. The maximum absolute atomic E-state index is 10.3. The monoisotopic (exact) mass is 297 g/mol. The Bertz CT molecular complexity index is 430. The molecule has 112 valence electrons. The molecule has 1 fully saturated rings. The van der Waals surface area contributed by atoms with Crippen LogP contribution in [-0.4, -0.2) is 36.8 Å². The third kappa shape index (κ3) is 4.11. The lowest BCUT2D eigenvalue weighted by Crippen LogP contribution is -2.34. The van der Waals surface area contributed by atoms with Gasteiger partial charge in [0.15, 0.2) is 0 Å². The molecule has 0 spiro atoms. The first kappa shape index (κ1) is 15.6. The molecule has 1 aliphatic heterocycles. The van der Waals surface area contributed by atoms with E-state index >= 15 is 0 Å². The van der Waals surface area contributed by atoms with E-state index in [2.05, 4.69) is 11.8 Å². The number of benzene rings is 1. The minimum absolute atomic E-state index is 0.460. The van der Waals surface area contributed by atoms with Crippen LogP contribution in [-0.2, 0) is 0 Å². The van der Waals surface area contributed by atoms with E-state index in [1.165, 1.54) is 12.8 Å². The van der Waals surface area contributed by atoms with Gasteiger partial charge in [0.2, 0.25) is 0 Å². The predicted octanol–water partition coefficient (Wildman–Crippen LogP) is 3.50. The van der Waals surface area contributed by atoms with Gasteiger partial charge < -0.3 is 14.7 Å². The maximum atomic E-state index is 10.3. The van der Waals surface area contributed by atoms with E-state index < -0.39 is 6.10 Å². The van der Waals surface area contributed by atoms with Crippen molar-refractivity contribution in [1.82, 2.24) is 4.90 Å². The molecule has 0 radical (unpaired) electrons. The van der Waals surface area contributed by atoms with Crippen LogP contribution in [0.1, 0.15) is 37.9 Å². The first-order chi connectivity index (χ1) is 9.60. The fourth-order valence-corrected chi connectivity index (χ4v) is 2.91. The highest BCUT2D eigenvalue weighted by Crippen LogP contribution is 2.29. The van der Waals surface area contributed by atoms with Gasteiger partial charge in [-0.3, -0.25) is 0 Å². The number of methoxy groups -OCH3 is 1. The minimum atomic E-state index is -0.460. The highest BCUT2D eigenvalue weighted by molar-refractivity contribution is 6.32. The van der Waals surface area contributed by atoms with Crippen LogP contribution in [0.25, 0.3) is 0 Å². The highest BCUT2D eigenvalue weighted by atomic mass is 35.5. The summed E-state index contributed by atoms with van der Waals surface area (Å²) in [4.78, 5) is 2.44. The Labute approximate surface area is 126 Å². The molecule has 1 aromatic rings. The summed E-state index contributed by atoms with van der Waals surface area (Å²) in [6.07, 6.45) is 2.82. The normalized spacial score (nSPS) is 19.0. The molecule has 2 rings (SSSR count). The Morgan fingerprint density at radius 2 is 2.10 bits per heavy atom. The Morgan fingerprint density at radius 3 is 2.70 bits per heavy atom. The van der Waals surface area contributed by atoms with Gasteiger partial charge in [0.05, 0.1) is 18.2 Å². The molecule has 0 aliphatic carbocycles. The Kier molecular flexibility index (Phi) is 5.70. The summed E-state index contributed by atoms with van der Waals surface area (Å²) >= 11 is 6.09. The van der Waals surface area contributed by atoms with Gasteiger partial charge >= 0.3 is 0 Å². The van der Waals surface area contributed by atoms with E-state index in [1.54, 1.807) is 13.2 Å². The second kappa shape index (κ2) is 7.30. The molecule has 0 amide bonds. The fourth-order valence-electron chi connectivity index (χ4n) is 2.65. The summed E-state index contributed by atoms with van der Waals surface area (Å²) in [7, 11) is 1.59. The van der Waals surface area contributed by atoms with Crippen LogP contribution >= 0.6 is 11.6 Å². The summed E-state index contributed by atoms with van der Waals surface area (Å²) < 4.78 is 5.12. The molecule has 1 aliphatic rings. The number of halogens is 1. The molecule has 3 nitrogen and oxygen atoms in total. The van der Waals surface area contributed by atoms with Crippen molar-refractivity contribution in [1.29, 1.82) is 0 Å². The molecule has 0 bridgehead atoms. The van der Waals surface area contributed by atoms with Gasteiger partial charge in [-0.2, -0.15) is 0 Å². The average molecular weight is 298 g/mol. The van der Waals surface area contributed by atoms with Crippen LogP contribution in [0.15, 0.2) is 18.2 Å². The van der Waals surface area contributed by atoms with E-state index in [1.807, 2.05) is 12.1 Å². The summed E-state index contributed by atoms with van der Waals surface area (Å²) in [5, 5.41) is 10.8. The molecule has 1 unspecified atom stereocenters. The second-order valence-corrected chi connectivity index (χ2v) is 6.13. The van der Waals surface area contributed by atoms with Gasteiger partial charge in [-0.15, -0.1) is 0 Å². The molecule has 0 aromatic heterocycles. The number of nitrogens with zero attached hydrogens (tertiary/aromatic N) is 1. The van der Waals surface area contributed by atoms with Crippen LogP contribution in [0.2, 0.25) is 5.02 Å². The zero-order valence-electron chi connectivity index (χ0n) is 12.3. The lowest BCUT2D eigenvalue weighted by Gasteiger charge is -2.30. The largest absolute Gasteiger partial charge is 0.495 e. The van der Waals surface area contributed by atoms with Crippen molar-refractivity contribution in [3.63, 3.8) is 0 Å². The molecular formula is C16H24ClNO2. The van der Waals surface area contributed by atoms with Crippen LogP contribution in [0.4, 0.5) is 0 Å². The number of hydrogen-bond acceptors (Lipinski definition) is 3. The number of hydrogen-bond donors (Lipinski definition) is 1. The van der Waals surface area contributed by atoms with E-state index in [4.69, 9.17) is 16.3 Å². The highest BCUT2D eigenvalue weighted by Gasteiger charge is 2.17. The second-order valence-electron chi connectivity index (χ2n) is 5.72. The van der Waals surface area contributed by atoms with Crippen molar-refractivity contribution < 1.29 is 9.84 Å². The standard InChI is InChI=1S/C16H24ClNO2/c1-12-5-8-18(9-6-12)10-7-15(19)13-3-4-16(20-2)14(17)11-13/h3-4,11-12,15,19H,5-10H2,1-2H3. The van der Waals surface area contributed by atoms with Gasteiger partial charge in [0.25, 0.3) is 0 Å². The summed E-state index contributed by atoms with van der Waals surface area (Å²) in [6, 6.07) is 5.49. The Balaban J connectivity index is 1.85. The number of piperidine rings is 1. The van der Waals surface area contributed by atoms with Crippen molar-refractivity contribution in [2.45, 2.75) is 32.3 Å². The van der Waals surface area contributed by atoms with Crippen LogP contribution in [0.3, 0.4) is 0 Å². The number of likely N-dealkylation sites (tertiary alicyclic amines) is 1. The number of rotatable bonds is 5. The maximum Gasteiger partial charge on any atom is 0.137 e. The lowest BCUT2D eigenvalue weighted by atomic mass is 9.98. The molecule has 1 N–H and O–H groups in total. The quantitative estimate of drug-likeness (QED) is 0.903. The van der Waals surface area contributed by atoms with Crippen molar-refractivity contribution in [3.8, 4) is 5.75 Å². The Morgan fingerprint density at radius 1 is 1.40 bits per heavy atom. The lowest BCUT2D eigenvalue weighted by molar-refractivity contribution is 0.125. The molecule has 20 heavy (non-hydrogen) atoms. The van der Waals surface area contributed by atoms with Crippen LogP contribution in [0.5, 0.6) is 5.75 Å². The van der Waals surface area contributed by atoms with Gasteiger partial charge in [-0.05, 0) is 56.0 Å². The van der Waals surface area contributed by atoms with Crippen molar-refractivity contribution in [2.75, 3.05) is 26.7 Å². The van der Waals surface area contributed by atoms with Crippen molar-refractivity contribution in [2.24, 2.45) is 5.92 Å². The zero-order chi connectivity index (χ0) is 14.5. The molecule has 1 atom stereocenters. The summed E-state index contributed by atoms with van der Waals surface area (Å²) in [6.45, 7) is 5.55. The first-order valence-electron chi connectivity index (χ1n) is 7.34. The molecule has 0 saturated carbocycles. The van der Waals surface area contributed by atoms with Crippen molar-refractivity contribution >= 4 is 11.6 Å². The zero-order valence-corrected chi connectivity index (χ0v) is 13.1. The van der Waals surface area contributed by atoms with Crippen molar-refractivity contribution in [3.05, 3.63) is 28.8 Å². The van der Waals surface area contributed by atoms with Gasteiger partial charge in [-0.25, -0.2) is 0 Å². The number of ether oxygens (including phenoxy) is 1. The number of aliphatic hydroxyl groups excluding tert-OH is 1. The Hall–Kier alpha value is -0.770. The average Bonchev–Trinajstić information content (AvgIpc) is 2.46. The summed E-state index contributed by atoms with van der Waals surface area (Å²) in [5.41, 5.74) is 0.862. The molecule has 1 saturated heterocycles. The topological polar surface area (TPSA) is 32.7 Å². The minimum Gasteiger partial charge on any atom is -0.495 e. The number of aliphatic hydroxyl groups is 1. The SMILES string of the molecule is COc1ccc(C(O)CCN2CCC(C)CC2)cc1Cl. The van der Waals surface area contributed by atoms with Gasteiger partial charge in [-0.1, -0.05) is 24.6 Å². The molecule has 1 aromatic carbocycles. The van der Waals surface area contributed by atoms with E-state index in [0.29, 0.717) is 10.8 Å². The molecular weight excluding hydrogens is 274 g/mol. The van der Waals surface area contributed by atoms with Gasteiger partial charge in [0.1, 0.15) is 5.75 Å². The third-order valence-electron chi connectivity index (χ3n) is 4.16.